The molecule has 2 nitrogen and oxygen atoms in total. The Morgan fingerprint density at radius 3 is 2.56 bits per heavy atom. The van der Waals surface area contributed by atoms with Crippen LogP contribution < -0.4 is 4.57 Å². The predicted molar refractivity (Wildman–Crippen MR) is 104 cm³/mol. The number of hydrogen-bond acceptors (Lipinski definition) is 1. The van der Waals surface area contributed by atoms with Crippen molar-refractivity contribution in [2.24, 2.45) is 7.05 Å². The summed E-state index contributed by atoms with van der Waals surface area (Å²) >= 11 is 0. The first kappa shape index (κ1) is 16.3. The third-order valence-corrected chi connectivity index (χ3v) is 5.93. The molecule has 2 heteroatoms. The van der Waals surface area contributed by atoms with E-state index in [4.69, 9.17) is 0 Å². The van der Waals surface area contributed by atoms with Gasteiger partial charge in [0.15, 0.2) is 5.69 Å². The van der Waals surface area contributed by atoms with Gasteiger partial charge >= 0.3 is 0 Å². The third-order valence-electron chi connectivity index (χ3n) is 5.93. The highest BCUT2D eigenvalue weighted by Crippen LogP contribution is 2.35. The van der Waals surface area contributed by atoms with E-state index in [1.54, 1.807) is 0 Å². The number of fused-ring (bicyclic) bond motifs is 1. The third kappa shape index (κ3) is 2.95. The van der Waals surface area contributed by atoms with E-state index >= 15 is 0 Å². The number of rotatable bonds is 2. The molecule has 25 heavy (non-hydrogen) atoms. The normalized spacial score (nSPS) is 15.6. The van der Waals surface area contributed by atoms with Gasteiger partial charge in [0.25, 0.3) is 0 Å². The van der Waals surface area contributed by atoms with Crippen LogP contribution in [0.4, 0.5) is 0 Å². The smallest absolute Gasteiger partial charge is 0.222 e. The summed E-state index contributed by atoms with van der Waals surface area (Å²) < 4.78 is 2.30. The Labute approximate surface area is 150 Å². The van der Waals surface area contributed by atoms with Crippen LogP contribution in [0.1, 0.15) is 54.8 Å². The molecule has 1 aliphatic carbocycles. The number of hydrogen-bond donors (Lipinski definition) is 0. The Morgan fingerprint density at radius 2 is 1.80 bits per heavy atom. The first-order chi connectivity index (χ1) is 12.1. The fourth-order valence-electron chi connectivity index (χ4n) is 4.32. The van der Waals surface area contributed by atoms with Crippen LogP contribution in [0.5, 0.6) is 0 Å². The molecule has 0 spiro atoms. The minimum Gasteiger partial charge on any atom is -0.264 e. The van der Waals surface area contributed by atoms with Crippen molar-refractivity contribution >= 4 is 10.8 Å². The Balaban J connectivity index is 1.91. The number of aromatic nitrogens is 2. The summed E-state index contributed by atoms with van der Waals surface area (Å²) in [7, 11) is 2.16. The minimum atomic E-state index is 0.746. The van der Waals surface area contributed by atoms with Crippen LogP contribution in [0.3, 0.4) is 0 Å². The lowest BCUT2D eigenvalue weighted by atomic mass is 9.83. The Morgan fingerprint density at radius 1 is 1.00 bits per heavy atom. The van der Waals surface area contributed by atoms with Crippen molar-refractivity contribution in [1.29, 1.82) is 0 Å². The van der Waals surface area contributed by atoms with Gasteiger partial charge in [-0.05, 0) is 54.3 Å². The largest absolute Gasteiger partial charge is 0.264 e. The summed E-state index contributed by atoms with van der Waals surface area (Å²) in [6, 6.07) is 11.6. The molecule has 1 saturated carbocycles. The summed E-state index contributed by atoms with van der Waals surface area (Å²) in [5, 5.41) is 2.68. The quantitative estimate of drug-likeness (QED) is 0.575. The molecule has 1 fully saturated rings. The molecule has 0 saturated heterocycles. The number of pyridine rings is 2. The second-order valence-electron chi connectivity index (χ2n) is 7.57. The SMILES string of the molecule is Cc1ccncc1-c1c2ccc(C3CCCCC3)cc2cc(C)[n+]1C. The highest BCUT2D eigenvalue weighted by atomic mass is 14.9. The van der Waals surface area contributed by atoms with Gasteiger partial charge in [0.1, 0.15) is 7.05 Å². The van der Waals surface area contributed by atoms with E-state index < -0.39 is 0 Å². The topological polar surface area (TPSA) is 16.8 Å². The van der Waals surface area contributed by atoms with Gasteiger partial charge in [0, 0.05) is 25.4 Å². The fraction of sp³-hybridized carbons (Fsp3) is 0.391. The molecular formula is C23H27N2+. The van der Waals surface area contributed by atoms with Crippen LogP contribution in [0, 0.1) is 13.8 Å². The summed E-state index contributed by atoms with van der Waals surface area (Å²) in [6.07, 6.45) is 10.7. The van der Waals surface area contributed by atoms with Crippen molar-refractivity contribution in [2.45, 2.75) is 51.9 Å². The van der Waals surface area contributed by atoms with Crippen molar-refractivity contribution in [1.82, 2.24) is 4.98 Å². The highest BCUT2D eigenvalue weighted by Gasteiger charge is 2.21. The van der Waals surface area contributed by atoms with Crippen molar-refractivity contribution in [3.8, 4) is 11.3 Å². The Hall–Kier alpha value is -2.22. The van der Waals surface area contributed by atoms with Crippen LogP contribution in [0.25, 0.3) is 22.0 Å². The molecule has 2 aromatic heterocycles. The fourth-order valence-corrected chi connectivity index (χ4v) is 4.32. The van der Waals surface area contributed by atoms with Crippen LogP contribution in [-0.2, 0) is 7.05 Å². The average Bonchev–Trinajstić information content (AvgIpc) is 2.64. The molecule has 1 aromatic carbocycles. The molecule has 0 atom stereocenters. The van der Waals surface area contributed by atoms with E-state index in [0.717, 1.165) is 5.92 Å². The summed E-state index contributed by atoms with van der Waals surface area (Å²) in [6.45, 7) is 4.36. The molecule has 0 bridgehead atoms. The van der Waals surface area contributed by atoms with Crippen LogP contribution in [0.15, 0.2) is 42.7 Å². The van der Waals surface area contributed by atoms with E-state index in [9.17, 15) is 0 Å². The first-order valence-electron chi connectivity index (χ1n) is 9.49. The number of nitrogens with zero attached hydrogens (tertiary/aromatic N) is 2. The molecule has 0 radical (unpaired) electrons. The molecule has 0 amide bonds. The van der Waals surface area contributed by atoms with E-state index in [1.165, 1.54) is 71.0 Å². The molecule has 2 heterocycles. The van der Waals surface area contributed by atoms with E-state index in [1.807, 2.05) is 12.4 Å². The number of aryl methyl sites for hydroxylation is 2. The van der Waals surface area contributed by atoms with Crippen molar-refractivity contribution in [3.63, 3.8) is 0 Å². The lowest BCUT2D eigenvalue weighted by molar-refractivity contribution is -0.665. The van der Waals surface area contributed by atoms with E-state index in [2.05, 4.69) is 60.8 Å². The second kappa shape index (κ2) is 6.59. The maximum Gasteiger partial charge on any atom is 0.222 e. The molecule has 0 unspecified atom stereocenters. The van der Waals surface area contributed by atoms with Crippen LogP contribution in [-0.4, -0.2) is 4.98 Å². The molecule has 0 aliphatic heterocycles. The van der Waals surface area contributed by atoms with Gasteiger partial charge in [-0.1, -0.05) is 31.4 Å². The second-order valence-corrected chi connectivity index (χ2v) is 7.57. The Bertz CT molecular complexity index is 921. The zero-order chi connectivity index (χ0) is 17.4. The lowest BCUT2D eigenvalue weighted by Gasteiger charge is -2.22. The van der Waals surface area contributed by atoms with E-state index in [-0.39, 0.29) is 0 Å². The summed E-state index contributed by atoms with van der Waals surface area (Å²) in [5.41, 5.74) is 6.58. The summed E-state index contributed by atoms with van der Waals surface area (Å²) in [4.78, 5) is 4.38. The van der Waals surface area contributed by atoms with Gasteiger partial charge in [-0.3, -0.25) is 4.98 Å². The maximum absolute atomic E-state index is 4.38. The van der Waals surface area contributed by atoms with Gasteiger partial charge in [-0.25, -0.2) is 0 Å². The standard InChI is InChI=1S/C23H27N2/c1-16-11-12-24-15-22(16)23-21-10-9-19(18-7-5-4-6-8-18)14-20(21)13-17(2)25(23)3/h9-15,18H,4-8H2,1-3H3/q+1. The van der Waals surface area contributed by atoms with Gasteiger partial charge < -0.3 is 0 Å². The monoisotopic (exact) mass is 331 g/mol. The molecule has 1 aliphatic rings. The Kier molecular flexibility index (Phi) is 4.29. The lowest BCUT2D eigenvalue weighted by Crippen LogP contribution is -2.35. The summed E-state index contributed by atoms with van der Waals surface area (Å²) in [5.74, 6) is 0.746. The first-order valence-corrected chi connectivity index (χ1v) is 9.49. The van der Waals surface area contributed by atoms with E-state index in [0.29, 0.717) is 0 Å². The zero-order valence-electron chi connectivity index (χ0n) is 15.5. The average molecular weight is 331 g/mol. The minimum absolute atomic E-state index is 0.746. The van der Waals surface area contributed by atoms with Gasteiger partial charge in [0.05, 0.1) is 10.9 Å². The highest BCUT2D eigenvalue weighted by molar-refractivity contribution is 5.94. The zero-order valence-corrected chi connectivity index (χ0v) is 15.5. The van der Waals surface area contributed by atoms with Crippen LogP contribution >= 0.6 is 0 Å². The van der Waals surface area contributed by atoms with Gasteiger partial charge in [-0.15, -0.1) is 0 Å². The maximum atomic E-state index is 4.38. The molecular weight excluding hydrogens is 304 g/mol. The van der Waals surface area contributed by atoms with Crippen molar-refractivity contribution in [3.05, 3.63) is 59.5 Å². The molecule has 4 rings (SSSR count). The predicted octanol–water partition coefficient (Wildman–Crippen LogP) is 5.39. The van der Waals surface area contributed by atoms with Crippen molar-refractivity contribution < 1.29 is 4.57 Å². The van der Waals surface area contributed by atoms with Gasteiger partial charge in [-0.2, -0.15) is 4.57 Å². The van der Waals surface area contributed by atoms with Crippen molar-refractivity contribution in [2.75, 3.05) is 0 Å². The molecule has 0 N–H and O–H groups in total. The van der Waals surface area contributed by atoms with Crippen LogP contribution in [0.2, 0.25) is 0 Å². The molecule has 128 valence electrons. The van der Waals surface area contributed by atoms with Gasteiger partial charge in [0.2, 0.25) is 5.69 Å². The molecule has 3 aromatic rings. The number of benzene rings is 1.